The first-order valence-electron chi connectivity index (χ1n) is 7.36. The highest BCUT2D eigenvalue weighted by atomic mass is 32.2. The van der Waals surface area contributed by atoms with Crippen molar-refractivity contribution in [2.45, 2.75) is 57.5 Å². The summed E-state index contributed by atoms with van der Waals surface area (Å²) in [6, 6.07) is -0.690. The lowest BCUT2D eigenvalue weighted by Crippen LogP contribution is -2.42. The number of rotatable bonds is 7. The van der Waals surface area contributed by atoms with Gasteiger partial charge in [-0.3, -0.25) is 9.59 Å². The van der Waals surface area contributed by atoms with E-state index in [4.69, 9.17) is 5.11 Å². The Morgan fingerprint density at radius 2 is 1.81 bits per heavy atom. The molecule has 120 valence electrons. The normalized spacial score (nSPS) is 17.6. The summed E-state index contributed by atoms with van der Waals surface area (Å²) >= 11 is 1.23. The van der Waals surface area contributed by atoms with Crippen molar-refractivity contribution < 1.29 is 19.5 Å². The van der Waals surface area contributed by atoms with E-state index in [1.807, 2.05) is 0 Å². The molecule has 0 aromatic rings. The van der Waals surface area contributed by atoms with E-state index in [0.717, 1.165) is 25.7 Å². The zero-order chi connectivity index (χ0) is 15.7. The minimum absolute atomic E-state index is 0.0566. The fourth-order valence-electron chi connectivity index (χ4n) is 2.38. The zero-order valence-electron chi connectivity index (χ0n) is 12.4. The lowest BCUT2D eigenvalue weighted by molar-refractivity contribution is -0.140. The molecule has 0 radical (unpaired) electrons. The zero-order valence-corrected chi connectivity index (χ0v) is 13.2. The maximum absolute atomic E-state index is 11.8. The van der Waals surface area contributed by atoms with Crippen LogP contribution in [0.1, 0.15) is 45.4 Å². The Bertz CT molecular complexity index is 368. The Hall–Kier alpha value is -1.24. The first-order chi connectivity index (χ1) is 9.99. The van der Waals surface area contributed by atoms with E-state index in [1.165, 1.54) is 31.5 Å². The summed E-state index contributed by atoms with van der Waals surface area (Å²) in [5, 5.41) is 14.3. The van der Waals surface area contributed by atoms with E-state index in [-0.39, 0.29) is 29.4 Å². The van der Waals surface area contributed by atoms with Gasteiger partial charge in [0.05, 0.1) is 5.75 Å². The molecule has 7 heteroatoms. The van der Waals surface area contributed by atoms with Gasteiger partial charge in [0, 0.05) is 18.7 Å². The molecule has 0 aliphatic heterocycles. The first-order valence-corrected chi connectivity index (χ1v) is 8.51. The lowest BCUT2D eigenvalue weighted by atomic mass is 10.1. The number of amides is 2. The molecule has 3 N–H and O–H groups in total. The van der Waals surface area contributed by atoms with E-state index in [0.29, 0.717) is 0 Å². The molecule has 6 nitrogen and oxygen atoms in total. The second-order valence-electron chi connectivity index (χ2n) is 5.36. The van der Waals surface area contributed by atoms with Crippen LogP contribution in [0.15, 0.2) is 0 Å². The summed E-state index contributed by atoms with van der Waals surface area (Å²) in [5.74, 6) is -1.11. The van der Waals surface area contributed by atoms with Gasteiger partial charge < -0.3 is 15.7 Å². The van der Waals surface area contributed by atoms with Crippen LogP contribution < -0.4 is 10.6 Å². The highest BCUT2D eigenvalue weighted by Gasteiger charge is 2.19. The molecule has 0 aromatic heterocycles. The molecule has 0 heterocycles. The molecular formula is C14H24N2O4S. The molecule has 1 atom stereocenters. The van der Waals surface area contributed by atoms with Crippen molar-refractivity contribution in [1.82, 2.24) is 10.6 Å². The number of hydrogen-bond donors (Lipinski definition) is 3. The first kappa shape index (κ1) is 17.8. The Balaban J connectivity index is 2.24. The summed E-state index contributed by atoms with van der Waals surface area (Å²) in [5.41, 5.74) is 0. The molecule has 0 aromatic carbocycles. The molecule has 1 saturated carbocycles. The fraction of sp³-hybridized carbons (Fsp3) is 0.786. The number of aliphatic carboxylic acids is 1. The van der Waals surface area contributed by atoms with Gasteiger partial charge in [0.1, 0.15) is 6.04 Å². The summed E-state index contributed by atoms with van der Waals surface area (Å²) in [6.45, 7) is 1.28. The van der Waals surface area contributed by atoms with Gasteiger partial charge in [0.15, 0.2) is 0 Å². The quantitative estimate of drug-likeness (QED) is 0.612. The molecule has 0 saturated heterocycles. The van der Waals surface area contributed by atoms with Crippen LogP contribution in [0.2, 0.25) is 0 Å². The lowest BCUT2D eigenvalue weighted by Gasteiger charge is -2.17. The number of nitrogens with one attached hydrogen (secondary N) is 2. The predicted molar refractivity (Wildman–Crippen MR) is 82.2 cm³/mol. The smallest absolute Gasteiger partial charge is 0.327 e. The number of thioether (sulfide) groups is 1. The van der Waals surface area contributed by atoms with Gasteiger partial charge in [-0.05, 0) is 12.8 Å². The van der Waals surface area contributed by atoms with Crippen LogP contribution in [0.4, 0.5) is 0 Å². The monoisotopic (exact) mass is 316 g/mol. The molecule has 1 rings (SSSR count). The predicted octanol–water partition coefficient (Wildman–Crippen LogP) is 1.15. The van der Waals surface area contributed by atoms with E-state index in [2.05, 4.69) is 10.6 Å². The van der Waals surface area contributed by atoms with Crippen molar-refractivity contribution in [3.05, 3.63) is 0 Å². The van der Waals surface area contributed by atoms with Crippen molar-refractivity contribution in [3.8, 4) is 0 Å². The highest BCUT2D eigenvalue weighted by Crippen LogP contribution is 2.17. The number of carboxylic acid groups (broad SMARTS) is 1. The SMILES string of the molecule is CC(=O)N[C@@H](CSCC(=O)NC1CCCCCC1)C(=O)O. The van der Waals surface area contributed by atoms with Gasteiger partial charge >= 0.3 is 5.97 Å². The molecule has 0 bridgehead atoms. The Morgan fingerprint density at radius 3 is 2.33 bits per heavy atom. The Labute approximate surface area is 129 Å². The van der Waals surface area contributed by atoms with Gasteiger partial charge in [-0.25, -0.2) is 4.79 Å². The third-order valence-corrected chi connectivity index (χ3v) is 4.45. The van der Waals surface area contributed by atoms with Crippen LogP contribution >= 0.6 is 11.8 Å². The number of hydrogen-bond acceptors (Lipinski definition) is 4. The van der Waals surface area contributed by atoms with Crippen molar-refractivity contribution >= 4 is 29.5 Å². The average molecular weight is 316 g/mol. The van der Waals surface area contributed by atoms with E-state index in [9.17, 15) is 14.4 Å². The van der Waals surface area contributed by atoms with Crippen molar-refractivity contribution in [3.63, 3.8) is 0 Å². The second-order valence-corrected chi connectivity index (χ2v) is 6.39. The molecule has 2 amide bonds. The van der Waals surface area contributed by atoms with Crippen molar-refractivity contribution in [2.75, 3.05) is 11.5 Å². The molecule has 0 spiro atoms. The number of carbonyl (C=O) groups excluding carboxylic acids is 2. The minimum atomic E-state index is -1.08. The highest BCUT2D eigenvalue weighted by molar-refractivity contribution is 8.00. The van der Waals surface area contributed by atoms with Crippen LogP contribution in [-0.2, 0) is 14.4 Å². The molecular weight excluding hydrogens is 292 g/mol. The fourth-order valence-corrected chi connectivity index (χ4v) is 3.23. The van der Waals surface area contributed by atoms with Crippen LogP contribution in [0, 0.1) is 0 Å². The van der Waals surface area contributed by atoms with Gasteiger partial charge in [-0.2, -0.15) is 0 Å². The van der Waals surface area contributed by atoms with E-state index in [1.54, 1.807) is 0 Å². The second kappa shape index (κ2) is 9.65. The van der Waals surface area contributed by atoms with Crippen molar-refractivity contribution in [2.24, 2.45) is 0 Å². The maximum Gasteiger partial charge on any atom is 0.327 e. The number of carbonyl (C=O) groups is 3. The van der Waals surface area contributed by atoms with Crippen LogP contribution in [-0.4, -0.2) is 46.5 Å². The molecule has 0 unspecified atom stereocenters. The third-order valence-electron chi connectivity index (χ3n) is 3.41. The van der Waals surface area contributed by atoms with Crippen LogP contribution in [0.3, 0.4) is 0 Å². The molecule has 1 aliphatic carbocycles. The minimum Gasteiger partial charge on any atom is -0.480 e. The molecule has 21 heavy (non-hydrogen) atoms. The summed E-state index contributed by atoms with van der Waals surface area (Å²) in [6.07, 6.45) is 6.83. The van der Waals surface area contributed by atoms with E-state index >= 15 is 0 Å². The average Bonchev–Trinajstić information content (AvgIpc) is 2.65. The largest absolute Gasteiger partial charge is 0.480 e. The van der Waals surface area contributed by atoms with Crippen LogP contribution in [0.25, 0.3) is 0 Å². The standard InChI is InChI=1S/C14H24N2O4S/c1-10(17)15-12(14(19)20)8-21-9-13(18)16-11-6-4-2-3-5-7-11/h11-12H,2-9H2,1H3,(H,15,17)(H,16,18)(H,19,20)/t12-/m0/s1. The summed E-state index contributed by atoms with van der Waals surface area (Å²) < 4.78 is 0. The third kappa shape index (κ3) is 7.94. The maximum atomic E-state index is 11.8. The number of carboxylic acids is 1. The van der Waals surface area contributed by atoms with Gasteiger partial charge in [0.2, 0.25) is 11.8 Å². The van der Waals surface area contributed by atoms with Gasteiger partial charge in [-0.1, -0.05) is 25.7 Å². The Kier molecular flexibility index (Phi) is 8.19. The van der Waals surface area contributed by atoms with Crippen molar-refractivity contribution in [1.29, 1.82) is 0 Å². The van der Waals surface area contributed by atoms with Gasteiger partial charge in [0.25, 0.3) is 0 Å². The Morgan fingerprint density at radius 1 is 1.19 bits per heavy atom. The molecule has 1 fully saturated rings. The summed E-state index contributed by atoms with van der Waals surface area (Å²) in [7, 11) is 0. The van der Waals surface area contributed by atoms with E-state index < -0.39 is 12.0 Å². The summed E-state index contributed by atoms with van der Waals surface area (Å²) in [4.78, 5) is 33.7. The molecule has 1 aliphatic rings. The van der Waals surface area contributed by atoms with Gasteiger partial charge in [-0.15, -0.1) is 11.8 Å². The van der Waals surface area contributed by atoms with Crippen LogP contribution in [0.5, 0.6) is 0 Å². The topological polar surface area (TPSA) is 95.5 Å².